The molecule has 2 aromatic carbocycles. The van der Waals surface area contributed by atoms with Crippen molar-refractivity contribution in [3.63, 3.8) is 0 Å². The quantitative estimate of drug-likeness (QED) is 0.835. The third kappa shape index (κ3) is 3.32. The zero-order valence-electron chi connectivity index (χ0n) is 10.8. The van der Waals surface area contributed by atoms with Gasteiger partial charge in [-0.2, -0.15) is 0 Å². The Morgan fingerprint density at radius 1 is 1.35 bits per heavy atom. The van der Waals surface area contributed by atoms with Crippen LogP contribution < -0.4 is 5.32 Å². The summed E-state index contributed by atoms with van der Waals surface area (Å²) in [6.07, 6.45) is 0. The number of hydrogen-bond acceptors (Lipinski definition) is 2. The van der Waals surface area contributed by atoms with Crippen LogP contribution in [0.2, 0.25) is 5.02 Å². The number of rotatable bonds is 4. The van der Waals surface area contributed by atoms with Crippen LogP contribution in [-0.4, -0.2) is 11.1 Å². The lowest BCUT2D eigenvalue weighted by molar-refractivity contribution is 0.0696. The summed E-state index contributed by atoms with van der Waals surface area (Å²) in [5.74, 6) is -0.923. The molecule has 0 heterocycles. The first kappa shape index (κ1) is 14.9. The molecule has 2 rings (SSSR count). The van der Waals surface area contributed by atoms with Gasteiger partial charge in [0.05, 0.1) is 5.56 Å². The van der Waals surface area contributed by atoms with E-state index >= 15 is 0 Å². The zero-order valence-corrected chi connectivity index (χ0v) is 13.1. The fraction of sp³-hybridized carbons (Fsp3) is 0.133. The third-order valence-corrected chi connectivity index (χ3v) is 3.89. The predicted molar refractivity (Wildman–Crippen MR) is 84.6 cm³/mol. The van der Waals surface area contributed by atoms with E-state index in [9.17, 15) is 4.79 Å². The van der Waals surface area contributed by atoms with E-state index in [-0.39, 0.29) is 0 Å². The maximum atomic E-state index is 11.1. The van der Waals surface area contributed by atoms with Crippen LogP contribution in [0.1, 0.15) is 21.5 Å². The summed E-state index contributed by atoms with van der Waals surface area (Å²) in [6.45, 7) is 2.32. The Kier molecular flexibility index (Phi) is 4.68. The van der Waals surface area contributed by atoms with E-state index in [0.717, 1.165) is 15.7 Å². The lowest BCUT2D eigenvalue weighted by Crippen LogP contribution is -2.06. The van der Waals surface area contributed by atoms with Gasteiger partial charge in [-0.15, -0.1) is 0 Å². The number of benzene rings is 2. The lowest BCUT2D eigenvalue weighted by Gasteiger charge is -2.12. The molecule has 0 bridgehead atoms. The number of aromatic carboxylic acids is 1. The number of carboxylic acids is 1. The molecule has 20 heavy (non-hydrogen) atoms. The van der Waals surface area contributed by atoms with Gasteiger partial charge in [0.25, 0.3) is 0 Å². The number of anilines is 1. The summed E-state index contributed by atoms with van der Waals surface area (Å²) in [7, 11) is 0. The topological polar surface area (TPSA) is 49.3 Å². The molecule has 0 unspecified atom stereocenters. The Morgan fingerprint density at radius 2 is 2.10 bits per heavy atom. The smallest absolute Gasteiger partial charge is 0.336 e. The zero-order chi connectivity index (χ0) is 14.7. The average Bonchev–Trinajstić information content (AvgIpc) is 2.39. The average molecular weight is 355 g/mol. The molecule has 0 saturated heterocycles. The van der Waals surface area contributed by atoms with Gasteiger partial charge in [-0.1, -0.05) is 39.7 Å². The van der Waals surface area contributed by atoms with Crippen LogP contribution >= 0.6 is 27.5 Å². The fourth-order valence-electron chi connectivity index (χ4n) is 1.91. The van der Waals surface area contributed by atoms with Crippen molar-refractivity contribution in [1.29, 1.82) is 0 Å². The Bertz CT molecular complexity index is 658. The van der Waals surface area contributed by atoms with Crippen molar-refractivity contribution in [2.45, 2.75) is 13.5 Å². The number of carbonyl (C=O) groups is 1. The number of carboxylic acid groups (broad SMARTS) is 1. The molecule has 2 aromatic rings. The van der Waals surface area contributed by atoms with Crippen molar-refractivity contribution >= 4 is 39.2 Å². The number of hydrogen-bond donors (Lipinski definition) is 2. The monoisotopic (exact) mass is 353 g/mol. The molecule has 2 N–H and O–H groups in total. The highest BCUT2D eigenvalue weighted by Crippen LogP contribution is 2.24. The molecule has 0 aliphatic carbocycles. The van der Waals surface area contributed by atoms with E-state index in [0.29, 0.717) is 22.7 Å². The molecule has 0 saturated carbocycles. The van der Waals surface area contributed by atoms with Gasteiger partial charge in [0.1, 0.15) is 0 Å². The van der Waals surface area contributed by atoms with Gasteiger partial charge in [-0.25, -0.2) is 4.79 Å². The molecular weight excluding hydrogens is 342 g/mol. The molecular formula is C15H13BrClNO2. The van der Waals surface area contributed by atoms with E-state index in [1.807, 2.05) is 24.3 Å². The summed E-state index contributed by atoms with van der Waals surface area (Å²) in [6, 6.07) is 10.9. The number of halogens is 2. The van der Waals surface area contributed by atoms with Gasteiger partial charge in [0.2, 0.25) is 0 Å². The first-order valence-corrected chi connectivity index (χ1v) is 7.17. The highest BCUT2D eigenvalue weighted by Gasteiger charge is 2.10. The van der Waals surface area contributed by atoms with Gasteiger partial charge >= 0.3 is 5.97 Å². The van der Waals surface area contributed by atoms with E-state index < -0.39 is 5.97 Å². The number of nitrogens with one attached hydrogen (secondary N) is 1. The summed E-state index contributed by atoms with van der Waals surface area (Å²) in [5, 5.41) is 13.0. The second-order valence-corrected chi connectivity index (χ2v) is 5.70. The van der Waals surface area contributed by atoms with Crippen LogP contribution in [0.15, 0.2) is 40.9 Å². The molecule has 0 aliphatic rings. The van der Waals surface area contributed by atoms with E-state index in [1.165, 1.54) is 0 Å². The van der Waals surface area contributed by atoms with Gasteiger partial charge < -0.3 is 10.4 Å². The SMILES string of the molecule is Cc1c(NCc2ccc(Br)cc2Cl)cccc1C(=O)O. The predicted octanol–water partition coefficient (Wildman–Crippen LogP) is 4.72. The molecule has 0 radical (unpaired) electrons. The Hall–Kier alpha value is -1.52. The van der Waals surface area contributed by atoms with Crippen molar-refractivity contribution in [2.75, 3.05) is 5.32 Å². The highest BCUT2D eigenvalue weighted by atomic mass is 79.9. The summed E-state index contributed by atoms with van der Waals surface area (Å²) < 4.78 is 0.926. The summed E-state index contributed by atoms with van der Waals surface area (Å²) >= 11 is 9.51. The van der Waals surface area contributed by atoms with Gasteiger partial charge in [0, 0.05) is 21.7 Å². The van der Waals surface area contributed by atoms with Gasteiger partial charge in [0.15, 0.2) is 0 Å². The third-order valence-electron chi connectivity index (χ3n) is 3.05. The van der Waals surface area contributed by atoms with E-state index in [1.54, 1.807) is 19.1 Å². The minimum absolute atomic E-state index is 0.303. The van der Waals surface area contributed by atoms with Crippen molar-refractivity contribution < 1.29 is 9.90 Å². The highest BCUT2D eigenvalue weighted by molar-refractivity contribution is 9.10. The van der Waals surface area contributed by atoms with Crippen LogP contribution in [0.25, 0.3) is 0 Å². The van der Waals surface area contributed by atoms with Crippen LogP contribution in [-0.2, 0) is 6.54 Å². The molecule has 5 heteroatoms. The fourth-order valence-corrected chi connectivity index (χ4v) is 2.65. The summed E-state index contributed by atoms with van der Waals surface area (Å²) in [4.78, 5) is 11.1. The second-order valence-electron chi connectivity index (χ2n) is 4.37. The van der Waals surface area contributed by atoms with E-state index in [4.69, 9.17) is 16.7 Å². The van der Waals surface area contributed by atoms with Crippen molar-refractivity contribution in [3.05, 3.63) is 62.6 Å². The van der Waals surface area contributed by atoms with Crippen molar-refractivity contribution in [3.8, 4) is 0 Å². The first-order chi connectivity index (χ1) is 9.49. The molecule has 0 atom stereocenters. The molecule has 0 aliphatic heterocycles. The molecule has 3 nitrogen and oxygen atoms in total. The van der Waals surface area contributed by atoms with Crippen molar-refractivity contribution in [1.82, 2.24) is 0 Å². The standard InChI is InChI=1S/C15H13BrClNO2/c1-9-12(15(19)20)3-2-4-14(9)18-8-10-5-6-11(16)7-13(10)17/h2-7,18H,8H2,1H3,(H,19,20). The molecule has 0 aromatic heterocycles. The van der Waals surface area contributed by atoms with Gasteiger partial charge in [-0.3, -0.25) is 0 Å². The Labute approximate surface area is 130 Å². The molecule has 0 fully saturated rings. The van der Waals surface area contributed by atoms with Crippen LogP contribution in [0.5, 0.6) is 0 Å². The molecule has 0 amide bonds. The van der Waals surface area contributed by atoms with Crippen LogP contribution in [0.4, 0.5) is 5.69 Å². The largest absolute Gasteiger partial charge is 0.478 e. The van der Waals surface area contributed by atoms with Crippen LogP contribution in [0.3, 0.4) is 0 Å². The van der Waals surface area contributed by atoms with Gasteiger partial charge in [-0.05, 0) is 42.3 Å². The molecule has 104 valence electrons. The normalized spacial score (nSPS) is 10.3. The Balaban J connectivity index is 2.19. The Morgan fingerprint density at radius 3 is 2.75 bits per heavy atom. The van der Waals surface area contributed by atoms with Crippen molar-refractivity contribution in [2.24, 2.45) is 0 Å². The first-order valence-electron chi connectivity index (χ1n) is 5.99. The summed E-state index contributed by atoms with van der Waals surface area (Å²) in [5.41, 5.74) is 2.77. The maximum absolute atomic E-state index is 11.1. The maximum Gasteiger partial charge on any atom is 0.336 e. The minimum Gasteiger partial charge on any atom is -0.478 e. The molecule has 0 spiro atoms. The van der Waals surface area contributed by atoms with Crippen LogP contribution in [0, 0.1) is 6.92 Å². The van der Waals surface area contributed by atoms with E-state index in [2.05, 4.69) is 21.2 Å². The second kappa shape index (κ2) is 6.29. The minimum atomic E-state index is -0.923. The lowest BCUT2D eigenvalue weighted by atomic mass is 10.1.